The van der Waals surface area contributed by atoms with Gasteiger partial charge in [0, 0.05) is 37.2 Å². The first-order chi connectivity index (χ1) is 16.5. The van der Waals surface area contributed by atoms with E-state index in [1.165, 1.54) is 17.6 Å². The predicted molar refractivity (Wildman–Crippen MR) is 128 cm³/mol. The molecule has 3 aliphatic rings. The van der Waals surface area contributed by atoms with Gasteiger partial charge in [0.15, 0.2) is 17.6 Å². The van der Waals surface area contributed by atoms with Gasteiger partial charge in [0.1, 0.15) is 6.54 Å². The number of thiophene rings is 1. The van der Waals surface area contributed by atoms with Gasteiger partial charge in [0.2, 0.25) is 0 Å². The van der Waals surface area contributed by atoms with Gasteiger partial charge in [0.05, 0.1) is 30.8 Å². The number of hydrogen-bond donors (Lipinski definition) is 1. The van der Waals surface area contributed by atoms with Gasteiger partial charge in [-0.2, -0.15) is 0 Å². The van der Waals surface area contributed by atoms with E-state index < -0.39 is 11.6 Å². The molecular formula is C27H30NO5S+. The van der Waals surface area contributed by atoms with Crippen LogP contribution in [0.4, 0.5) is 0 Å². The third kappa shape index (κ3) is 4.35. The van der Waals surface area contributed by atoms with Crippen molar-refractivity contribution in [2.45, 2.75) is 37.4 Å². The van der Waals surface area contributed by atoms with Gasteiger partial charge in [-0.15, -0.1) is 11.3 Å². The molecule has 6 nitrogen and oxygen atoms in total. The molecule has 1 unspecified atom stereocenters. The molecule has 0 aliphatic carbocycles. The van der Waals surface area contributed by atoms with Crippen molar-refractivity contribution in [2.24, 2.45) is 5.92 Å². The van der Waals surface area contributed by atoms with Crippen LogP contribution in [-0.2, 0) is 15.1 Å². The summed E-state index contributed by atoms with van der Waals surface area (Å²) in [5, 5.41) is 13.3. The molecule has 3 fully saturated rings. The molecule has 7 heteroatoms. The highest BCUT2D eigenvalue weighted by molar-refractivity contribution is 7.10. The number of nitrogens with zero attached hydrogens (tertiary/aromatic N) is 1. The number of quaternary nitrogens is 1. The number of ketones is 1. The average Bonchev–Trinajstić information content (AvgIpc) is 3.60. The SMILES string of the molecule is O=C(CCC[N+]12CCC(CC1)[C@@H](OC(=O)C(O)(c1ccco1)c1cccs1)C2)c1ccccc1. The third-order valence-electron chi connectivity index (χ3n) is 7.48. The highest BCUT2D eigenvalue weighted by atomic mass is 32.1. The van der Waals surface area contributed by atoms with E-state index in [2.05, 4.69) is 0 Å². The monoisotopic (exact) mass is 480 g/mol. The summed E-state index contributed by atoms with van der Waals surface area (Å²) in [4.78, 5) is 26.4. The van der Waals surface area contributed by atoms with Crippen LogP contribution in [0.1, 0.15) is 46.7 Å². The van der Waals surface area contributed by atoms with E-state index in [1.54, 1.807) is 24.3 Å². The zero-order valence-corrected chi connectivity index (χ0v) is 19.9. The van der Waals surface area contributed by atoms with E-state index in [4.69, 9.17) is 9.15 Å². The van der Waals surface area contributed by atoms with Crippen LogP contribution in [0.3, 0.4) is 0 Å². The fraction of sp³-hybridized carbons (Fsp3) is 0.407. The largest absolute Gasteiger partial charge is 0.465 e. The minimum absolute atomic E-state index is 0.171. The number of carbonyl (C=O) groups is 2. The van der Waals surface area contributed by atoms with Gasteiger partial charge in [-0.25, -0.2) is 4.79 Å². The molecule has 1 N–H and O–H groups in total. The van der Waals surface area contributed by atoms with Crippen molar-refractivity contribution in [3.63, 3.8) is 0 Å². The van der Waals surface area contributed by atoms with Crippen molar-refractivity contribution in [1.82, 2.24) is 0 Å². The van der Waals surface area contributed by atoms with Gasteiger partial charge in [-0.1, -0.05) is 36.4 Å². The summed E-state index contributed by atoms with van der Waals surface area (Å²) in [6.45, 7) is 3.72. The van der Waals surface area contributed by atoms with E-state index in [0.29, 0.717) is 17.2 Å². The molecule has 0 saturated carbocycles. The van der Waals surface area contributed by atoms with E-state index in [-0.39, 0.29) is 17.6 Å². The Balaban J connectivity index is 1.25. The first-order valence-corrected chi connectivity index (χ1v) is 12.8. The molecule has 2 aromatic heterocycles. The number of aliphatic hydroxyl groups is 1. The minimum atomic E-state index is -1.95. The molecule has 3 aliphatic heterocycles. The average molecular weight is 481 g/mol. The number of Topliss-reactive ketones (excluding diaryl/α,β-unsaturated/α-hetero) is 1. The number of fused-ring (bicyclic) bond motifs is 3. The van der Waals surface area contributed by atoms with E-state index in [9.17, 15) is 14.7 Å². The molecule has 5 heterocycles. The molecule has 0 spiro atoms. The summed E-state index contributed by atoms with van der Waals surface area (Å²) in [6, 6.07) is 16.2. The Morgan fingerprint density at radius 3 is 2.56 bits per heavy atom. The van der Waals surface area contributed by atoms with Crippen LogP contribution in [0, 0.1) is 5.92 Å². The Kier molecular flexibility index (Phi) is 6.42. The number of furan rings is 1. The van der Waals surface area contributed by atoms with Gasteiger partial charge in [0.25, 0.3) is 5.60 Å². The third-order valence-corrected chi connectivity index (χ3v) is 8.46. The van der Waals surface area contributed by atoms with Crippen LogP contribution in [0.15, 0.2) is 70.7 Å². The number of benzene rings is 1. The molecule has 0 radical (unpaired) electrons. The molecule has 3 aromatic rings. The predicted octanol–water partition coefficient (Wildman–Crippen LogP) is 4.39. The first kappa shape index (κ1) is 23.0. The summed E-state index contributed by atoms with van der Waals surface area (Å²) < 4.78 is 12.4. The molecule has 0 amide bonds. The lowest BCUT2D eigenvalue weighted by Gasteiger charge is -2.52. The van der Waals surface area contributed by atoms with Crippen LogP contribution < -0.4 is 0 Å². The van der Waals surface area contributed by atoms with E-state index in [1.807, 2.05) is 35.7 Å². The van der Waals surface area contributed by atoms with Crippen molar-refractivity contribution in [3.8, 4) is 0 Å². The fourth-order valence-electron chi connectivity index (χ4n) is 5.53. The topological polar surface area (TPSA) is 76.7 Å². The Hall–Kier alpha value is -2.74. The fourth-order valence-corrected chi connectivity index (χ4v) is 6.34. The van der Waals surface area contributed by atoms with Crippen molar-refractivity contribution < 1.29 is 28.3 Å². The molecule has 2 bridgehead atoms. The van der Waals surface area contributed by atoms with Gasteiger partial charge >= 0.3 is 5.97 Å². The molecular weight excluding hydrogens is 450 g/mol. The van der Waals surface area contributed by atoms with Crippen LogP contribution in [0.25, 0.3) is 0 Å². The van der Waals surface area contributed by atoms with Gasteiger partial charge < -0.3 is 18.7 Å². The molecule has 3 saturated heterocycles. The van der Waals surface area contributed by atoms with Crippen LogP contribution in [-0.4, -0.2) is 53.6 Å². The minimum Gasteiger partial charge on any atom is -0.465 e. The van der Waals surface area contributed by atoms with Crippen LogP contribution >= 0.6 is 11.3 Å². The number of ether oxygens (including phenoxy) is 1. The second-order valence-electron chi connectivity index (χ2n) is 9.53. The second-order valence-corrected chi connectivity index (χ2v) is 10.5. The molecule has 2 atom stereocenters. The number of esters is 1. The Bertz CT molecular complexity index is 1070. The lowest BCUT2D eigenvalue weighted by atomic mass is 9.82. The molecule has 6 rings (SSSR count). The summed E-state index contributed by atoms with van der Waals surface area (Å²) in [5.41, 5.74) is -1.19. The zero-order chi connectivity index (χ0) is 23.6. The van der Waals surface area contributed by atoms with Crippen molar-refractivity contribution in [3.05, 3.63) is 82.4 Å². The number of carbonyl (C=O) groups excluding carboxylic acids is 2. The maximum atomic E-state index is 13.4. The maximum absolute atomic E-state index is 13.4. The maximum Gasteiger partial charge on any atom is 0.352 e. The van der Waals surface area contributed by atoms with Crippen molar-refractivity contribution >= 4 is 23.1 Å². The lowest BCUT2D eigenvalue weighted by molar-refractivity contribution is -0.946. The summed E-state index contributed by atoms with van der Waals surface area (Å²) in [6.07, 6.45) is 4.51. The molecule has 34 heavy (non-hydrogen) atoms. The highest BCUT2D eigenvalue weighted by Gasteiger charge is 2.51. The Morgan fingerprint density at radius 1 is 1.09 bits per heavy atom. The second kappa shape index (κ2) is 9.49. The summed E-state index contributed by atoms with van der Waals surface area (Å²) in [7, 11) is 0. The first-order valence-electron chi connectivity index (χ1n) is 11.9. The summed E-state index contributed by atoms with van der Waals surface area (Å²) >= 11 is 1.30. The Labute approximate surface area is 203 Å². The number of piperidine rings is 3. The van der Waals surface area contributed by atoms with E-state index in [0.717, 1.165) is 55.5 Å². The molecule has 1 aromatic carbocycles. The van der Waals surface area contributed by atoms with Crippen LogP contribution in [0.5, 0.6) is 0 Å². The molecule has 178 valence electrons. The Morgan fingerprint density at radius 2 is 1.88 bits per heavy atom. The van der Waals surface area contributed by atoms with Crippen molar-refractivity contribution in [1.29, 1.82) is 0 Å². The highest BCUT2D eigenvalue weighted by Crippen LogP contribution is 2.39. The number of rotatable bonds is 9. The zero-order valence-electron chi connectivity index (χ0n) is 19.1. The normalized spacial score (nSPS) is 25.6. The quantitative estimate of drug-likeness (QED) is 0.279. The summed E-state index contributed by atoms with van der Waals surface area (Å²) in [5.74, 6) is -0.0298. The number of hydrogen-bond acceptors (Lipinski definition) is 6. The standard InChI is InChI=1S/C27H30NO5S/c29-22(20-7-2-1-3-8-20)9-4-14-28-15-12-21(13-16-28)23(19-28)33-26(30)27(31,24-10-5-17-32-24)25-11-6-18-34-25/h1-3,5-8,10-11,17-18,21,23,31H,4,9,12-16,19H2/q+1/t21?,23-,27?,28?/m0/s1. The smallest absolute Gasteiger partial charge is 0.352 e. The lowest BCUT2D eigenvalue weighted by Crippen LogP contribution is -2.65. The van der Waals surface area contributed by atoms with Crippen molar-refractivity contribution in [2.75, 3.05) is 26.2 Å². The van der Waals surface area contributed by atoms with Crippen LogP contribution in [0.2, 0.25) is 0 Å². The van der Waals surface area contributed by atoms with E-state index >= 15 is 0 Å². The van der Waals surface area contributed by atoms with Gasteiger partial charge in [-0.3, -0.25) is 4.79 Å². The van der Waals surface area contributed by atoms with Gasteiger partial charge in [-0.05, 0) is 23.6 Å².